The zero-order valence-electron chi connectivity index (χ0n) is 20.4. The third-order valence-electron chi connectivity index (χ3n) is 6.25. The Morgan fingerprint density at radius 3 is 1.93 bits per heavy atom. The van der Waals surface area contributed by atoms with Gasteiger partial charge in [0, 0.05) is 6.42 Å². The number of carbonyl (C=O) groups is 1. The average molecular weight is 431 g/mol. The smallest absolute Gasteiger partial charge is 0.305 e. The van der Waals surface area contributed by atoms with Gasteiger partial charge in [0.2, 0.25) is 0 Å². The third kappa shape index (κ3) is 9.85. The first-order chi connectivity index (χ1) is 12.5. The molecule has 28 heavy (non-hydrogen) atoms. The van der Waals surface area contributed by atoms with Crippen LogP contribution in [0.1, 0.15) is 67.2 Å². The van der Waals surface area contributed by atoms with Crippen LogP contribution in [0.4, 0.5) is 0 Å². The van der Waals surface area contributed by atoms with Gasteiger partial charge in [-0.3, -0.25) is 4.79 Å². The maximum Gasteiger partial charge on any atom is 0.305 e. The molecular weight excluding hydrogens is 384 g/mol. The number of methoxy groups -OCH3 is 1. The number of hydrogen-bond acceptors (Lipinski definition) is 4. The van der Waals surface area contributed by atoms with Gasteiger partial charge in [-0.25, -0.2) is 0 Å². The fraction of sp³-hybridized carbons (Fsp3) is 0.864. The fourth-order valence-electron chi connectivity index (χ4n) is 2.09. The van der Waals surface area contributed by atoms with Gasteiger partial charge in [-0.2, -0.15) is 0 Å². The Kier molecular flexibility index (Phi) is 10.9. The molecule has 0 heterocycles. The number of ether oxygens (including phenoxy) is 1. The lowest BCUT2D eigenvalue weighted by atomic mass is 10.2. The molecule has 166 valence electrons. The third-order valence-corrected chi connectivity index (χ3v) is 15.3. The standard InChI is InChI=1S/C22H46O4Si2/c1-21(2,3)27(8,9)25-18-19(26-28(10,11)22(4,5)6)16-14-12-13-15-17-20(23)24-7/h12,14,19H,13,15-18H2,1-11H3/b14-12-/t19-/m0/s1. The second-order valence-electron chi connectivity index (χ2n) is 10.7. The highest BCUT2D eigenvalue weighted by atomic mass is 28.4. The molecule has 4 nitrogen and oxygen atoms in total. The number of hydrogen-bond donors (Lipinski definition) is 0. The van der Waals surface area contributed by atoms with Crippen LogP contribution in [-0.4, -0.2) is 42.4 Å². The molecule has 0 aromatic rings. The van der Waals surface area contributed by atoms with E-state index in [1.165, 1.54) is 7.11 Å². The number of esters is 1. The second kappa shape index (κ2) is 11.1. The summed E-state index contributed by atoms with van der Waals surface area (Å²) in [7, 11) is -2.24. The van der Waals surface area contributed by atoms with Crippen molar-refractivity contribution in [3.63, 3.8) is 0 Å². The van der Waals surface area contributed by atoms with E-state index in [0.717, 1.165) is 19.3 Å². The van der Waals surface area contributed by atoms with Crippen LogP contribution in [0.2, 0.25) is 36.3 Å². The summed E-state index contributed by atoms with van der Waals surface area (Å²) in [5.74, 6) is -0.143. The molecule has 0 aliphatic heterocycles. The average Bonchev–Trinajstić information content (AvgIpc) is 2.52. The largest absolute Gasteiger partial charge is 0.469 e. The Morgan fingerprint density at radius 2 is 1.46 bits per heavy atom. The number of allylic oxidation sites excluding steroid dienone is 1. The van der Waals surface area contributed by atoms with Crippen LogP contribution in [0.5, 0.6) is 0 Å². The van der Waals surface area contributed by atoms with Crippen molar-refractivity contribution >= 4 is 22.6 Å². The monoisotopic (exact) mass is 430 g/mol. The second-order valence-corrected chi connectivity index (χ2v) is 20.3. The van der Waals surface area contributed by atoms with Crippen LogP contribution in [0.15, 0.2) is 12.2 Å². The molecule has 0 amide bonds. The minimum atomic E-state index is -1.87. The molecule has 0 aliphatic carbocycles. The first-order valence-corrected chi connectivity index (χ1v) is 16.4. The Bertz CT molecular complexity index is 500. The van der Waals surface area contributed by atoms with Crippen molar-refractivity contribution in [3.05, 3.63) is 12.2 Å². The lowest BCUT2D eigenvalue weighted by Crippen LogP contribution is -2.47. The minimum absolute atomic E-state index is 0.0758. The highest BCUT2D eigenvalue weighted by molar-refractivity contribution is 6.74. The summed E-state index contributed by atoms with van der Waals surface area (Å²) >= 11 is 0. The summed E-state index contributed by atoms with van der Waals surface area (Å²) in [6, 6.07) is 0. The molecule has 0 rings (SSSR count). The summed E-state index contributed by atoms with van der Waals surface area (Å²) in [6.45, 7) is 23.4. The van der Waals surface area contributed by atoms with E-state index in [-0.39, 0.29) is 22.1 Å². The first-order valence-electron chi connectivity index (χ1n) is 10.6. The predicted molar refractivity (Wildman–Crippen MR) is 125 cm³/mol. The van der Waals surface area contributed by atoms with Crippen molar-refractivity contribution in [2.75, 3.05) is 13.7 Å². The molecule has 0 saturated carbocycles. The highest BCUT2D eigenvalue weighted by Crippen LogP contribution is 2.39. The Morgan fingerprint density at radius 1 is 0.929 bits per heavy atom. The van der Waals surface area contributed by atoms with E-state index >= 15 is 0 Å². The zero-order valence-corrected chi connectivity index (χ0v) is 22.4. The Labute approximate surface area is 176 Å². The van der Waals surface area contributed by atoms with Gasteiger partial charge in [-0.15, -0.1) is 0 Å². The molecule has 6 heteroatoms. The molecule has 0 unspecified atom stereocenters. The number of unbranched alkanes of at least 4 members (excludes halogenated alkanes) is 1. The van der Waals surface area contributed by atoms with E-state index in [2.05, 4.69) is 84.6 Å². The Hall–Kier alpha value is -0.436. The summed E-state index contributed by atoms with van der Waals surface area (Å²) in [4.78, 5) is 11.2. The number of rotatable bonds is 11. The topological polar surface area (TPSA) is 44.8 Å². The van der Waals surface area contributed by atoms with E-state index in [1.54, 1.807) is 0 Å². The van der Waals surface area contributed by atoms with E-state index in [4.69, 9.17) is 8.85 Å². The van der Waals surface area contributed by atoms with Gasteiger partial charge in [0.15, 0.2) is 16.6 Å². The van der Waals surface area contributed by atoms with E-state index in [0.29, 0.717) is 13.0 Å². The van der Waals surface area contributed by atoms with Crippen LogP contribution in [0.25, 0.3) is 0 Å². The maximum atomic E-state index is 11.2. The van der Waals surface area contributed by atoms with E-state index < -0.39 is 16.6 Å². The summed E-state index contributed by atoms with van der Waals surface area (Å²) in [5, 5.41) is 0.366. The molecular formula is C22H46O4Si2. The molecule has 0 saturated heterocycles. The molecule has 0 fully saturated rings. The van der Waals surface area contributed by atoms with Gasteiger partial charge in [-0.1, -0.05) is 53.7 Å². The zero-order chi connectivity index (χ0) is 22.2. The van der Waals surface area contributed by atoms with Crippen molar-refractivity contribution in [1.29, 1.82) is 0 Å². The van der Waals surface area contributed by atoms with E-state index in [1.807, 2.05) is 0 Å². The van der Waals surface area contributed by atoms with Crippen molar-refractivity contribution in [2.45, 2.75) is 110 Å². The molecule has 0 aromatic heterocycles. The van der Waals surface area contributed by atoms with Crippen LogP contribution >= 0.6 is 0 Å². The first kappa shape index (κ1) is 27.6. The lowest BCUT2D eigenvalue weighted by molar-refractivity contribution is -0.140. The van der Waals surface area contributed by atoms with Gasteiger partial charge in [0.05, 0.1) is 19.8 Å². The van der Waals surface area contributed by atoms with Crippen LogP contribution < -0.4 is 0 Å². The van der Waals surface area contributed by atoms with Crippen LogP contribution in [-0.2, 0) is 18.4 Å². The summed E-state index contributed by atoms with van der Waals surface area (Å²) in [5.41, 5.74) is 0. The molecule has 0 aromatic carbocycles. The van der Waals surface area contributed by atoms with Crippen molar-refractivity contribution in [1.82, 2.24) is 0 Å². The van der Waals surface area contributed by atoms with E-state index in [9.17, 15) is 4.79 Å². The van der Waals surface area contributed by atoms with Crippen LogP contribution in [0.3, 0.4) is 0 Å². The van der Waals surface area contributed by atoms with Gasteiger partial charge < -0.3 is 13.6 Å². The molecule has 0 aliphatic rings. The molecule has 0 bridgehead atoms. The quantitative estimate of drug-likeness (QED) is 0.158. The lowest BCUT2D eigenvalue weighted by Gasteiger charge is -2.41. The van der Waals surface area contributed by atoms with Crippen molar-refractivity contribution < 1.29 is 18.4 Å². The van der Waals surface area contributed by atoms with Gasteiger partial charge in [0.25, 0.3) is 0 Å². The van der Waals surface area contributed by atoms with Gasteiger partial charge >= 0.3 is 5.97 Å². The summed E-state index contributed by atoms with van der Waals surface area (Å²) < 4.78 is 17.8. The molecule has 0 radical (unpaired) electrons. The SMILES string of the molecule is COC(=O)CCC/C=C\C[C@@H](CO[Si](C)(C)C(C)(C)C)O[Si](C)(C)C(C)(C)C. The molecule has 0 spiro atoms. The fourth-order valence-corrected chi connectivity index (χ4v) is 4.48. The van der Waals surface area contributed by atoms with Crippen LogP contribution in [0, 0.1) is 0 Å². The maximum absolute atomic E-state index is 11.2. The normalized spacial score (nSPS) is 15.1. The number of carbonyl (C=O) groups excluding carboxylic acids is 1. The summed E-state index contributed by atoms with van der Waals surface area (Å²) in [6.07, 6.45) is 7.43. The highest BCUT2D eigenvalue weighted by Gasteiger charge is 2.41. The minimum Gasteiger partial charge on any atom is -0.469 e. The molecule has 1 atom stereocenters. The van der Waals surface area contributed by atoms with Crippen molar-refractivity contribution in [3.8, 4) is 0 Å². The van der Waals surface area contributed by atoms with Crippen molar-refractivity contribution in [2.24, 2.45) is 0 Å². The Balaban J connectivity index is 4.93. The predicted octanol–water partition coefficient (Wildman–Crippen LogP) is 6.69. The van der Waals surface area contributed by atoms with Gasteiger partial charge in [0.1, 0.15) is 0 Å². The molecule has 0 N–H and O–H groups in total. The van der Waals surface area contributed by atoms with Gasteiger partial charge in [-0.05, 0) is 55.5 Å².